The Morgan fingerprint density at radius 3 is 2.56 bits per heavy atom. The van der Waals surface area contributed by atoms with Crippen molar-refractivity contribution < 1.29 is 9.63 Å². The summed E-state index contributed by atoms with van der Waals surface area (Å²) < 4.78 is 5.10. The molecule has 0 saturated heterocycles. The van der Waals surface area contributed by atoms with E-state index in [-0.39, 0.29) is 5.60 Å². The van der Waals surface area contributed by atoms with Crippen molar-refractivity contribution in [3.63, 3.8) is 0 Å². The Bertz CT molecular complexity index is 541. The number of nitrogen functional groups attached to an aromatic ring is 1. The van der Waals surface area contributed by atoms with Gasteiger partial charge in [-0.1, -0.05) is 29.4 Å². The van der Waals surface area contributed by atoms with Gasteiger partial charge in [0.25, 0.3) is 0 Å². The third kappa shape index (κ3) is 2.38. The van der Waals surface area contributed by atoms with Crippen molar-refractivity contribution in [2.24, 2.45) is 0 Å². The molecular weight excluding hydrogens is 228 g/mol. The molecule has 1 aliphatic rings. The van der Waals surface area contributed by atoms with Crippen molar-refractivity contribution in [3.05, 3.63) is 35.9 Å². The molecule has 4 nitrogen and oxygen atoms in total. The topological polar surface area (TPSA) is 72.3 Å². The van der Waals surface area contributed by atoms with E-state index in [1.165, 1.54) is 5.56 Å². The molecule has 94 valence electrons. The first-order chi connectivity index (χ1) is 8.65. The Labute approximate surface area is 105 Å². The van der Waals surface area contributed by atoms with Gasteiger partial charge in [-0.2, -0.15) is 0 Å². The highest BCUT2D eigenvalue weighted by atomic mass is 16.5. The van der Waals surface area contributed by atoms with E-state index in [4.69, 9.17) is 10.3 Å². The molecule has 2 aromatic rings. The summed E-state index contributed by atoms with van der Waals surface area (Å²) >= 11 is 0. The minimum atomic E-state index is -0.377. The summed E-state index contributed by atoms with van der Waals surface area (Å²) in [7, 11) is 0. The Morgan fingerprint density at radius 2 is 2.00 bits per heavy atom. The lowest BCUT2D eigenvalue weighted by Crippen LogP contribution is -2.07. The van der Waals surface area contributed by atoms with Crippen molar-refractivity contribution in [2.45, 2.75) is 31.3 Å². The number of rotatable bonds is 4. The van der Waals surface area contributed by atoms with Gasteiger partial charge >= 0.3 is 0 Å². The number of aryl methyl sites for hydroxylation is 1. The van der Waals surface area contributed by atoms with Crippen LogP contribution in [0, 0.1) is 0 Å². The lowest BCUT2D eigenvalue weighted by Gasteiger charge is -2.07. The van der Waals surface area contributed by atoms with Gasteiger partial charge in [-0.05, 0) is 31.2 Å². The average Bonchev–Trinajstić information content (AvgIpc) is 2.95. The highest BCUT2D eigenvalue weighted by molar-refractivity contribution is 5.60. The van der Waals surface area contributed by atoms with E-state index in [1.54, 1.807) is 6.07 Å². The molecule has 0 aliphatic heterocycles. The molecule has 1 saturated carbocycles. The van der Waals surface area contributed by atoms with Gasteiger partial charge in [0, 0.05) is 11.6 Å². The molecule has 0 spiro atoms. The van der Waals surface area contributed by atoms with Gasteiger partial charge in [-0.3, -0.25) is 0 Å². The smallest absolute Gasteiger partial charge is 0.169 e. The van der Waals surface area contributed by atoms with Gasteiger partial charge in [0.05, 0.1) is 5.60 Å². The van der Waals surface area contributed by atoms with E-state index in [0.717, 1.165) is 31.2 Å². The second kappa shape index (κ2) is 4.14. The zero-order valence-corrected chi connectivity index (χ0v) is 10.1. The Morgan fingerprint density at radius 1 is 1.28 bits per heavy atom. The molecule has 3 N–H and O–H groups in total. The third-order valence-corrected chi connectivity index (χ3v) is 3.47. The summed E-state index contributed by atoms with van der Waals surface area (Å²) in [6.07, 6.45) is 3.65. The van der Waals surface area contributed by atoms with E-state index in [9.17, 15) is 5.11 Å². The van der Waals surface area contributed by atoms with Crippen LogP contribution in [0.2, 0.25) is 0 Å². The van der Waals surface area contributed by atoms with Crippen molar-refractivity contribution in [1.29, 1.82) is 0 Å². The SMILES string of the molecule is Nc1cc(-c2ccc(CCC3(O)CC3)cc2)on1. The maximum atomic E-state index is 9.79. The minimum absolute atomic E-state index is 0.377. The maximum Gasteiger partial charge on any atom is 0.169 e. The van der Waals surface area contributed by atoms with Gasteiger partial charge in [0.1, 0.15) is 0 Å². The van der Waals surface area contributed by atoms with Crippen LogP contribution >= 0.6 is 0 Å². The molecule has 0 bridgehead atoms. The fourth-order valence-corrected chi connectivity index (χ4v) is 2.03. The van der Waals surface area contributed by atoms with Crippen molar-refractivity contribution in [3.8, 4) is 11.3 Å². The molecule has 1 aromatic carbocycles. The van der Waals surface area contributed by atoms with Gasteiger partial charge in [0.2, 0.25) is 0 Å². The molecule has 1 aliphatic carbocycles. The fourth-order valence-electron chi connectivity index (χ4n) is 2.03. The number of aliphatic hydroxyl groups is 1. The van der Waals surface area contributed by atoms with Crippen LogP contribution in [0.1, 0.15) is 24.8 Å². The number of hydrogen-bond acceptors (Lipinski definition) is 4. The van der Waals surface area contributed by atoms with Gasteiger partial charge in [0.15, 0.2) is 11.6 Å². The second-order valence-corrected chi connectivity index (χ2v) is 5.04. The zero-order valence-electron chi connectivity index (χ0n) is 10.1. The quantitative estimate of drug-likeness (QED) is 0.866. The van der Waals surface area contributed by atoms with E-state index < -0.39 is 0 Å². The number of aromatic nitrogens is 1. The second-order valence-electron chi connectivity index (χ2n) is 5.04. The van der Waals surface area contributed by atoms with Crippen LogP contribution < -0.4 is 5.73 Å². The first-order valence-electron chi connectivity index (χ1n) is 6.19. The third-order valence-electron chi connectivity index (χ3n) is 3.47. The lowest BCUT2D eigenvalue weighted by molar-refractivity contribution is 0.140. The summed E-state index contributed by atoms with van der Waals surface area (Å²) in [4.78, 5) is 0. The Kier molecular flexibility index (Phi) is 2.59. The lowest BCUT2D eigenvalue weighted by atomic mass is 10.0. The number of nitrogens with two attached hydrogens (primary N) is 1. The highest BCUT2D eigenvalue weighted by Gasteiger charge is 2.39. The van der Waals surface area contributed by atoms with Crippen LogP contribution in [0.3, 0.4) is 0 Å². The van der Waals surface area contributed by atoms with E-state index in [0.29, 0.717) is 11.6 Å². The molecule has 4 heteroatoms. The van der Waals surface area contributed by atoms with Gasteiger partial charge < -0.3 is 15.4 Å². The maximum absolute atomic E-state index is 9.79. The average molecular weight is 244 g/mol. The highest BCUT2D eigenvalue weighted by Crippen LogP contribution is 2.39. The first-order valence-corrected chi connectivity index (χ1v) is 6.19. The van der Waals surface area contributed by atoms with Crippen molar-refractivity contribution in [1.82, 2.24) is 5.16 Å². The summed E-state index contributed by atoms with van der Waals surface area (Å²) in [5.41, 5.74) is 7.33. The molecule has 0 unspecified atom stereocenters. The largest absolute Gasteiger partial charge is 0.390 e. The summed E-state index contributed by atoms with van der Waals surface area (Å²) in [6, 6.07) is 9.81. The van der Waals surface area contributed by atoms with Gasteiger partial charge in [-0.25, -0.2) is 0 Å². The number of anilines is 1. The van der Waals surface area contributed by atoms with E-state index >= 15 is 0 Å². The number of nitrogens with zero attached hydrogens (tertiary/aromatic N) is 1. The predicted molar refractivity (Wildman–Crippen MR) is 68.9 cm³/mol. The standard InChI is InChI=1S/C14H16N2O2/c15-13-9-12(18-16-13)11-3-1-10(2-4-11)5-6-14(17)7-8-14/h1-4,9,17H,5-8H2,(H2,15,16). The molecule has 0 atom stereocenters. The van der Waals surface area contributed by atoms with Crippen LogP contribution in [-0.4, -0.2) is 15.9 Å². The Balaban J connectivity index is 1.68. The van der Waals surface area contributed by atoms with E-state index in [1.807, 2.05) is 12.1 Å². The van der Waals surface area contributed by atoms with Crippen LogP contribution in [0.5, 0.6) is 0 Å². The summed E-state index contributed by atoms with van der Waals surface area (Å²) in [6.45, 7) is 0. The Hall–Kier alpha value is -1.81. The molecular formula is C14H16N2O2. The van der Waals surface area contributed by atoms with Crippen LogP contribution in [0.25, 0.3) is 11.3 Å². The molecule has 1 aromatic heterocycles. The van der Waals surface area contributed by atoms with Crippen molar-refractivity contribution >= 4 is 5.82 Å². The zero-order chi connectivity index (χ0) is 12.6. The summed E-state index contributed by atoms with van der Waals surface area (Å²) in [5, 5.41) is 13.5. The molecule has 1 fully saturated rings. The molecule has 0 radical (unpaired) electrons. The van der Waals surface area contributed by atoms with Crippen LogP contribution in [0.4, 0.5) is 5.82 Å². The van der Waals surface area contributed by atoms with E-state index in [2.05, 4.69) is 17.3 Å². The normalized spacial score (nSPS) is 16.7. The van der Waals surface area contributed by atoms with Crippen LogP contribution in [-0.2, 0) is 6.42 Å². The molecule has 18 heavy (non-hydrogen) atoms. The number of hydrogen-bond donors (Lipinski definition) is 2. The first kappa shape index (κ1) is 11.3. The van der Waals surface area contributed by atoms with Crippen LogP contribution in [0.15, 0.2) is 34.9 Å². The minimum Gasteiger partial charge on any atom is -0.390 e. The predicted octanol–water partition coefficient (Wildman–Crippen LogP) is 2.38. The molecule has 3 rings (SSSR count). The van der Waals surface area contributed by atoms with Crippen molar-refractivity contribution in [2.75, 3.05) is 5.73 Å². The number of benzene rings is 1. The summed E-state index contributed by atoms with van der Waals surface area (Å²) in [5.74, 6) is 1.07. The monoisotopic (exact) mass is 244 g/mol. The molecule has 1 heterocycles. The fraction of sp³-hybridized carbons (Fsp3) is 0.357. The van der Waals surface area contributed by atoms with Gasteiger partial charge in [-0.15, -0.1) is 0 Å². The molecule has 0 amide bonds.